The van der Waals surface area contributed by atoms with Gasteiger partial charge in [-0.05, 0) is 53.4 Å². The van der Waals surface area contributed by atoms with Gasteiger partial charge in [-0.3, -0.25) is 4.99 Å². The van der Waals surface area contributed by atoms with E-state index in [1.165, 1.54) is 0 Å². The van der Waals surface area contributed by atoms with Crippen molar-refractivity contribution >= 4 is 12.1 Å². The lowest BCUT2D eigenvalue weighted by Gasteiger charge is -2.34. The predicted molar refractivity (Wildman–Crippen MR) is 108 cm³/mol. The zero-order valence-electron chi connectivity index (χ0n) is 17.8. The van der Waals surface area contributed by atoms with Crippen molar-refractivity contribution in [2.24, 2.45) is 4.99 Å². The maximum atomic E-state index is 12.2. The molecule has 0 rings (SSSR count). The molecule has 0 spiro atoms. The summed E-state index contributed by atoms with van der Waals surface area (Å²) in [4.78, 5) is 16.4. The van der Waals surface area contributed by atoms with E-state index in [0.717, 1.165) is 51.4 Å². The van der Waals surface area contributed by atoms with E-state index in [-0.39, 0.29) is 11.6 Å². The van der Waals surface area contributed by atoms with Gasteiger partial charge in [0.15, 0.2) is 5.96 Å². The molecule has 0 heterocycles. The van der Waals surface area contributed by atoms with Crippen molar-refractivity contribution in [2.45, 2.75) is 78.4 Å². The highest BCUT2D eigenvalue weighted by Crippen LogP contribution is 2.16. The van der Waals surface area contributed by atoms with E-state index in [4.69, 9.17) is 9.47 Å². The summed E-state index contributed by atoms with van der Waals surface area (Å²) in [5.74, 6) is 0.735. The molecule has 0 unspecified atom stereocenters. The van der Waals surface area contributed by atoms with E-state index < -0.39 is 5.60 Å². The Morgan fingerprint density at radius 2 is 1.69 bits per heavy atom. The first-order valence-corrected chi connectivity index (χ1v) is 9.75. The van der Waals surface area contributed by atoms with Crippen LogP contribution >= 0.6 is 0 Å². The number of amides is 1. The maximum absolute atomic E-state index is 12.2. The third-order valence-electron chi connectivity index (χ3n) is 4.15. The number of nitrogens with zero attached hydrogens (tertiary/aromatic N) is 1. The summed E-state index contributed by atoms with van der Waals surface area (Å²) in [6.45, 7) is 14.7. The number of hydrogen-bond acceptors (Lipinski definition) is 4. The average molecular weight is 373 g/mol. The zero-order chi connectivity index (χ0) is 20.1. The minimum Gasteiger partial charge on any atom is -0.444 e. The van der Waals surface area contributed by atoms with Gasteiger partial charge in [0.2, 0.25) is 0 Å². The summed E-state index contributed by atoms with van der Waals surface area (Å²) >= 11 is 0. The monoisotopic (exact) mass is 372 g/mol. The first kappa shape index (κ1) is 24.5. The Kier molecular flexibility index (Phi) is 12.1. The average Bonchev–Trinajstić information content (AvgIpc) is 2.57. The fourth-order valence-corrected chi connectivity index (χ4v) is 2.39. The highest BCUT2D eigenvalue weighted by atomic mass is 16.6. The first-order chi connectivity index (χ1) is 12.2. The SMILES string of the molecule is CCOCCCCNC(=NC)NCC(CC)(CC)NC(=O)OC(C)(C)C. The van der Waals surface area contributed by atoms with Crippen LogP contribution in [0.4, 0.5) is 4.79 Å². The van der Waals surface area contributed by atoms with E-state index in [0.29, 0.717) is 6.54 Å². The van der Waals surface area contributed by atoms with Crippen molar-refractivity contribution in [1.82, 2.24) is 16.0 Å². The van der Waals surface area contributed by atoms with Gasteiger partial charge < -0.3 is 25.4 Å². The van der Waals surface area contributed by atoms with Crippen LogP contribution in [0.3, 0.4) is 0 Å². The van der Waals surface area contributed by atoms with E-state index in [9.17, 15) is 4.79 Å². The van der Waals surface area contributed by atoms with Gasteiger partial charge in [-0.2, -0.15) is 0 Å². The molecule has 0 aromatic rings. The van der Waals surface area contributed by atoms with Crippen LogP contribution in [0.2, 0.25) is 0 Å². The summed E-state index contributed by atoms with van der Waals surface area (Å²) in [7, 11) is 1.75. The van der Waals surface area contributed by atoms with Gasteiger partial charge >= 0.3 is 6.09 Å². The van der Waals surface area contributed by atoms with Crippen molar-refractivity contribution in [3.8, 4) is 0 Å². The minimum absolute atomic E-state index is 0.380. The lowest BCUT2D eigenvalue weighted by molar-refractivity contribution is 0.0448. The number of unbranched alkanes of at least 4 members (excludes halogenated alkanes) is 1. The fourth-order valence-electron chi connectivity index (χ4n) is 2.39. The lowest BCUT2D eigenvalue weighted by Crippen LogP contribution is -2.57. The second-order valence-electron chi connectivity index (χ2n) is 7.37. The van der Waals surface area contributed by atoms with Crippen LogP contribution in [-0.4, -0.2) is 56.5 Å². The summed E-state index contributed by atoms with van der Waals surface area (Å²) in [6, 6.07) is 0. The number of rotatable bonds is 11. The molecule has 1 amide bonds. The molecular weight excluding hydrogens is 332 g/mol. The van der Waals surface area contributed by atoms with Crippen molar-refractivity contribution in [1.29, 1.82) is 0 Å². The Morgan fingerprint density at radius 1 is 1.04 bits per heavy atom. The number of hydrogen-bond donors (Lipinski definition) is 3. The molecule has 7 heteroatoms. The molecule has 0 aliphatic rings. The third kappa shape index (κ3) is 11.2. The van der Waals surface area contributed by atoms with Crippen molar-refractivity contribution in [3.05, 3.63) is 0 Å². The molecule has 26 heavy (non-hydrogen) atoms. The highest BCUT2D eigenvalue weighted by molar-refractivity contribution is 5.79. The summed E-state index contributed by atoms with van der Waals surface area (Å²) in [5.41, 5.74) is -0.890. The van der Waals surface area contributed by atoms with Crippen LogP contribution in [0, 0.1) is 0 Å². The second kappa shape index (κ2) is 12.8. The van der Waals surface area contributed by atoms with Crippen LogP contribution in [0.1, 0.15) is 67.2 Å². The van der Waals surface area contributed by atoms with E-state index >= 15 is 0 Å². The van der Waals surface area contributed by atoms with Crippen molar-refractivity contribution in [2.75, 3.05) is 33.4 Å². The Balaban J connectivity index is 4.48. The van der Waals surface area contributed by atoms with Crippen LogP contribution < -0.4 is 16.0 Å². The first-order valence-electron chi connectivity index (χ1n) is 9.75. The second-order valence-corrected chi connectivity index (χ2v) is 7.37. The van der Waals surface area contributed by atoms with E-state index in [1.54, 1.807) is 7.05 Å². The molecule has 0 aliphatic carbocycles. The van der Waals surface area contributed by atoms with Gasteiger partial charge in [-0.1, -0.05) is 13.8 Å². The Bertz CT molecular complexity index is 415. The van der Waals surface area contributed by atoms with Crippen LogP contribution in [0.5, 0.6) is 0 Å². The van der Waals surface area contributed by atoms with Crippen LogP contribution in [-0.2, 0) is 9.47 Å². The largest absolute Gasteiger partial charge is 0.444 e. The molecule has 0 aromatic heterocycles. The molecule has 0 saturated heterocycles. The molecule has 7 nitrogen and oxygen atoms in total. The Hall–Kier alpha value is -1.50. The van der Waals surface area contributed by atoms with Gasteiger partial charge in [-0.15, -0.1) is 0 Å². The van der Waals surface area contributed by atoms with Gasteiger partial charge in [0.1, 0.15) is 5.60 Å². The highest BCUT2D eigenvalue weighted by Gasteiger charge is 2.30. The number of nitrogens with one attached hydrogen (secondary N) is 3. The molecule has 0 atom stereocenters. The number of carbonyl (C=O) groups is 1. The van der Waals surface area contributed by atoms with Gasteiger partial charge in [0.25, 0.3) is 0 Å². The number of guanidine groups is 1. The number of ether oxygens (including phenoxy) is 2. The molecule has 0 saturated carbocycles. The molecule has 0 aromatic carbocycles. The number of carbonyl (C=O) groups excluding carboxylic acids is 1. The molecule has 0 radical (unpaired) electrons. The predicted octanol–water partition coefficient (Wildman–Crippen LogP) is 3.05. The lowest BCUT2D eigenvalue weighted by atomic mass is 9.93. The van der Waals surface area contributed by atoms with E-state index in [2.05, 4.69) is 34.8 Å². The van der Waals surface area contributed by atoms with Gasteiger partial charge in [0, 0.05) is 33.4 Å². The topological polar surface area (TPSA) is 84.0 Å². The number of aliphatic imine (C=N–C) groups is 1. The quantitative estimate of drug-likeness (QED) is 0.295. The normalized spacial score (nSPS) is 12.7. The summed E-state index contributed by atoms with van der Waals surface area (Å²) in [5, 5.41) is 9.65. The summed E-state index contributed by atoms with van der Waals surface area (Å²) in [6.07, 6.45) is 3.24. The fraction of sp³-hybridized carbons (Fsp3) is 0.895. The molecule has 0 aliphatic heterocycles. The Morgan fingerprint density at radius 3 is 2.19 bits per heavy atom. The Labute approximate surface area is 159 Å². The smallest absolute Gasteiger partial charge is 0.408 e. The zero-order valence-corrected chi connectivity index (χ0v) is 17.8. The minimum atomic E-state index is -0.510. The number of alkyl carbamates (subject to hydrolysis) is 1. The van der Waals surface area contributed by atoms with Crippen molar-refractivity contribution in [3.63, 3.8) is 0 Å². The molecule has 154 valence electrons. The third-order valence-corrected chi connectivity index (χ3v) is 4.15. The van der Waals surface area contributed by atoms with Crippen LogP contribution in [0.25, 0.3) is 0 Å². The van der Waals surface area contributed by atoms with Gasteiger partial charge in [0.05, 0.1) is 5.54 Å². The molecule has 0 fully saturated rings. The molecule has 3 N–H and O–H groups in total. The van der Waals surface area contributed by atoms with Crippen LogP contribution in [0.15, 0.2) is 4.99 Å². The maximum Gasteiger partial charge on any atom is 0.408 e. The van der Waals surface area contributed by atoms with Gasteiger partial charge in [-0.25, -0.2) is 4.79 Å². The summed E-state index contributed by atoms with van der Waals surface area (Å²) < 4.78 is 10.7. The van der Waals surface area contributed by atoms with Crippen molar-refractivity contribution < 1.29 is 14.3 Å². The molecule has 0 bridgehead atoms. The van der Waals surface area contributed by atoms with E-state index in [1.807, 2.05) is 27.7 Å². The molecular formula is C19H40N4O3. The standard InChI is InChI=1S/C19H40N4O3/c1-8-19(9-2,23-17(24)26-18(4,5)6)15-22-16(20-7)21-13-11-12-14-25-10-3/h8-15H2,1-7H3,(H,23,24)(H2,20,21,22).